The Morgan fingerprint density at radius 1 is 1.52 bits per heavy atom. The molecule has 1 rings (SSSR count). The third-order valence-corrected chi connectivity index (χ3v) is 4.38. The second-order valence-electron chi connectivity index (χ2n) is 4.66. The number of aryl methyl sites for hydroxylation is 1. The molecule has 0 unspecified atom stereocenters. The van der Waals surface area contributed by atoms with Gasteiger partial charge in [-0.1, -0.05) is 12.1 Å². The topological polar surface area (TPSA) is 94.3 Å². The van der Waals surface area contributed by atoms with Crippen molar-refractivity contribution < 1.29 is 18.3 Å². The van der Waals surface area contributed by atoms with E-state index >= 15 is 0 Å². The second-order valence-corrected chi connectivity index (χ2v) is 6.42. The zero-order valence-electron chi connectivity index (χ0n) is 12.8. The number of ether oxygens (including phenoxy) is 1. The molecule has 0 saturated heterocycles. The number of hydrogen-bond donors (Lipinski definition) is 1. The third kappa shape index (κ3) is 6.34. The summed E-state index contributed by atoms with van der Waals surface area (Å²) in [7, 11) is 0.236. The van der Waals surface area contributed by atoms with Gasteiger partial charge >= 0.3 is 0 Å². The lowest BCUT2D eigenvalue weighted by Gasteiger charge is -2.10. The molecule has 0 aliphatic heterocycles. The quantitative estimate of drug-likeness (QED) is 0.642. The number of aromatic nitrogens is 2. The summed E-state index contributed by atoms with van der Waals surface area (Å²) in [5, 5.41) is 5.90. The molecule has 21 heavy (non-hydrogen) atoms. The molecule has 1 amide bonds. The van der Waals surface area contributed by atoms with Crippen LogP contribution in [0.4, 0.5) is 0 Å². The molecule has 0 aliphatic carbocycles. The summed E-state index contributed by atoms with van der Waals surface area (Å²) in [6, 6.07) is 0. The van der Waals surface area contributed by atoms with Crippen LogP contribution in [0.25, 0.3) is 0 Å². The summed E-state index contributed by atoms with van der Waals surface area (Å²) in [5.41, 5.74) is 0. The molecule has 1 N–H and O–H groups in total. The van der Waals surface area contributed by atoms with Crippen molar-refractivity contribution in [2.24, 2.45) is 0 Å². The van der Waals surface area contributed by atoms with Gasteiger partial charge < -0.3 is 14.6 Å². The minimum absolute atomic E-state index is 0.125. The number of nitrogens with zero attached hydrogens (tertiary/aromatic N) is 2. The number of carbonyl (C=O) groups is 1. The molecule has 0 spiro atoms. The van der Waals surface area contributed by atoms with Crippen LogP contribution >= 0.6 is 0 Å². The van der Waals surface area contributed by atoms with Gasteiger partial charge in [-0.15, -0.1) is 0 Å². The van der Waals surface area contributed by atoms with Gasteiger partial charge in [-0.05, 0) is 19.8 Å². The SMILES string of the molecule is CCCc1nc(C[S@](=O)[C@@H](C)C(=O)NCCCOC)no1. The van der Waals surface area contributed by atoms with Crippen LogP contribution in [0.5, 0.6) is 0 Å². The van der Waals surface area contributed by atoms with E-state index in [4.69, 9.17) is 9.26 Å². The van der Waals surface area contributed by atoms with Gasteiger partial charge in [0.05, 0.1) is 5.75 Å². The average Bonchev–Trinajstić information content (AvgIpc) is 2.90. The number of nitrogens with one attached hydrogen (secondary N) is 1. The monoisotopic (exact) mass is 317 g/mol. The Labute approximate surface area is 127 Å². The zero-order valence-corrected chi connectivity index (χ0v) is 13.6. The molecular weight excluding hydrogens is 294 g/mol. The summed E-state index contributed by atoms with van der Waals surface area (Å²) in [6.07, 6.45) is 2.34. The Kier molecular flexibility index (Phi) is 8.14. The minimum Gasteiger partial charge on any atom is -0.385 e. The minimum atomic E-state index is -1.37. The fourth-order valence-corrected chi connectivity index (χ4v) is 2.55. The van der Waals surface area contributed by atoms with Crippen molar-refractivity contribution in [2.45, 2.75) is 44.1 Å². The highest BCUT2D eigenvalue weighted by atomic mass is 32.2. The molecule has 8 heteroatoms. The normalized spacial score (nSPS) is 13.9. The average molecular weight is 317 g/mol. The largest absolute Gasteiger partial charge is 0.385 e. The first-order chi connectivity index (χ1) is 10.1. The number of hydrogen-bond acceptors (Lipinski definition) is 6. The van der Waals surface area contributed by atoms with Gasteiger partial charge in [0.25, 0.3) is 0 Å². The predicted octanol–water partition coefficient (Wildman–Crippen LogP) is 0.812. The molecule has 0 fully saturated rings. The Balaban J connectivity index is 2.40. The van der Waals surface area contributed by atoms with Crippen LogP contribution in [-0.2, 0) is 32.5 Å². The van der Waals surface area contributed by atoms with E-state index in [1.807, 2.05) is 6.92 Å². The van der Waals surface area contributed by atoms with Crippen LogP contribution in [0.3, 0.4) is 0 Å². The fourth-order valence-electron chi connectivity index (χ4n) is 1.61. The Hall–Kier alpha value is -1.28. The number of amides is 1. The molecular formula is C13H23N3O4S. The number of carbonyl (C=O) groups excluding carboxylic acids is 1. The first-order valence-electron chi connectivity index (χ1n) is 7.03. The maximum atomic E-state index is 12.1. The van der Waals surface area contributed by atoms with Crippen LogP contribution in [-0.4, -0.2) is 45.8 Å². The second kappa shape index (κ2) is 9.62. The van der Waals surface area contributed by atoms with E-state index in [1.54, 1.807) is 14.0 Å². The molecule has 7 nitrogen and oxygen atoms in total. The van der Waals surface area contributed by atoms with Crippen molar-refractivity contribution in [2.75, 3.05) is 20.3 Å². The lowest BCUT2D eigenvalue weighted by atomic mass is 10.3. The number of rotatable bonds is 10. The van der Waals surface area contributed by atoms with Gasteiger partial charge in [0.1, 0.15) is 5.25 Å². The molecule has 0 aromatic carbocycles. The van der Waals surface area contributed by atoms with E-state index in [2.05, 4.69) is 15.5 Å². The third-order valence-electron chi connectivity index (χ3n) is 2.83. The Morgan fingerprint density at radius 2 is 2.29 bits per heavy atom. The zero-order chi connectivity index (χ0) is 15.7. The summed E-state index contributed by atoms with van der Waals surface area (Å²) < 4.78 is 22.0. The molecule has 1 aromatic heterocycles. The predicted molar refractivity (Wildman–Crippen MR) is 79.1 cm³/mol. The lowest BCUT2D eigenvalue weighted by Crippen LogP contribution is -2.36. The van der Waals surface area contributed by atoms with Crippen LogP contribution < -0.4 is 5.32 Å². The molecule has 0 radical (unpaired) electrons. The summed E-state index contributed by atoms with van der Waals surface area (Å²) >= 11 is 0. The van der Waals surface area contributed by atoms with Crippen molar-refractivity contribution in [1.82, 2.24) is 15.5 Å². The van der Waals surface area contributed by atoms with E-state index in [0.717, 1.165) is 12.8 Å². The van der Waals surface area contributed by atoms with E-state index in [0.29, 0.717) is 31.3 Å². The van der Waals surface area contributed by atoms with Crippen molar-refractivity contribution in [3.05, 3.63) is 11.7 Å². The van der Waals surface area contributed by atoms with Gasteiger partial charge in [-0.25, -0.2) is 0 Å². The van der Waals surface area contributed by atoms with Crippen LogP contribution in [0, 0.1) is 0 Å². The molecule has 2 atom stereocenters. The molecule has 120 valence electrons. The standard InChI is InChI=1S/C13H23N3O4S/c1-4-6-12-15-11(16-20-12)9-21(18)10(2)13(17)14-7-5-8-19-3/h10H,4-9H2,1-3H3,(H,14,17)/t10-,21-/m0/s1. The fraction of sp³-hybridized carbons (Fsp3) is 0.769. The molecule has 0 bridgehead atoms. The maximum Gasteiger partial charge on any atom is 0.235 e. The van der Waals surface area contributed by atoms with Gasteiger partial charge in [0.2, 0.25) is 11.8 Å². The molecule has 0 saturated carbocycles. The van der Waals surface area contributed by atoms with Crippen LogP contribution in [0.2, 0.25) is 0 Å². The van der Waals surface area contributed by atoms with Gasteiger partial charge in [0.15, 0.2) is 5.82 Å². The van der Waals surface area contributed by atoms with Gasteiger partial charge in [0, 0.05) is 37.5 Å². The Bertz CT molecular complexity index is 464. The van der Waals surface area contributed by atoms with Gasteiger partial charge in [-0.2, -0.15) is 4.98 Å². The smallest absolute Gasteiger partial charge is 0.235 e. The molecule has 0 aliphatic rings. The van der Waals surface area contributed by atoms with Crippen molar-refractivity contribution in [3.63, 3.8) is 0 Å². The maximum absolute atomic E-state index is 12.1. The van der Waals surface area contributed by atoms with Crippen LogP contribution in [0.1, 0.15) is 38.4 Å². The Morgan fingerprint density at radius 3 is 2.95 bits per heavy atom. The van der Waals surface area contributed by atoms with E-state index in [-0.39, 0.29) is 11.7 Å². The molecule has 1 aromatic rings. The highest BCUT2D eigenvalue weighted by Crippen LogP contribution is 2.06. The number of methoxy groups -OCH3 is 1. The first kappa shape index (κ1) is 17.8. The van der Waals surface area contributed by atoms with Crippen molar-refractivity contribution in [3.8, 4) is 0 Å². The highest BCUT2D eigenvalue weighted by molar-refractivity contribution is 7.85. The first-order valence-corrected chi connectivity index (χ1v) is 8.42. The summed E-state index contributed by atoms with van der Waals surface area (Å²) in [5.74, 6) is 0.818. The van der Waals surface area contributed by atoms with Crippen LogP contribution in [0.15, 0.2) is 4.52 Å². The van der Waals surface area contributed by atoms with E-state index in [9.17, 15) is 9.00 Å². The molecule has 1 heterocycles. The van der Waals surface area contributed by atoms with E-state index < -0.39 is 16.0 Å². The summed E-state index contributed by atoms with van der Waals surface area (Å²) in [6.45, 7) is 4.74. The summed E-state index contributed by atoms with van der Waals surface area (Å²) in [4.78, 5) is 16.0. The highest BCUT2D eigenvalue weighted by Gasteiger charge is 2.21. The van der Waals surface area contributed by atoms with Crippen molar-refractivity contribution >= 4 is 16.7 Å². The van der Waals surface area contributed by atoms with E-state index in [1.165, 1.54) is 0 Å². The van der Waals surface area contributed by atoms with Gasteiger partial charge in [-0.3, -0.25) is 9.00 Å². The lowest BCUT2D eigenvalue weighted by molar-refractivity contribution is -0.120. The van der Waals surface area contributed by atoms with Crippen molar-refractivity contribution in [1.29, 1.82) is 0 Å².